The second-order valence-electron chi connectivity index (χ2n) is 4.18. The Labute approximate surface area is 97.8 Å². The maximum Gasteiger partial charge on any atom is 0.410 e. The van der Waals surface area contributed by atoms with Gasteiger partial charge in [0, 0.05) is 0 Å². The molecule has 0 bridgehead atoms. The highest BCUT2D eigenvalue weighted by Crippen LogP contribution is 2.48. The number of halogens is 3. The second-order valence-corrected chi connectivity index (χ2v) is 4.18. The van der Waals surface area contributed by atoms with Gasteiger partial charge in [0.15, 0.2) is 0 Å². The number of ether oxygens (including phenoxy) is 1. The highest BCUT2D eigenvalue weighted by molar-refractivity contribution is 5.45. The van der Waals surface area contributed by atoms with Crippen molar-refractivity contribution in [2.75, 3.05) is 14.2 Å². The van der Waals surface area contributed by atoms with Gasteiger partial charge in [-0.15, -0.1) is 0 Å². The molecule has 0 saturated carbocycles. The van der Waals surface area contributed by atoms with Crippen LogP contribution in [0.5, 0.6) is 5.75 Å². The van der Waals surface area contributed by atoms with Crippen molar-refractivity contribution in [2.45, 2.75) is 24.6 Å². The van der Waals surface area contributed by atoms with Crippen molar-refractivity contribution in [1.82, 2.24) is 5.32 Å². The molecule has 1 aromatic rings. The first-order chi connectivity index (χ1) is 7.94. The van der Waals surface area contributed by atoms with Crippen LogP contribution in [0.15, 0.2) is 18.2 Å². The lowest BCUT2D eigenvalue weighted by atomic mass is 9.91. The Morgan fingerprint density at radius 3 is 2.59 bits per heavy atom. The smallest absolute Gasteiger partial charge is 0.410 e. The summed E-state index contributed by atoms with van der Waals surface area (Å²) in [5, 5.41) is 2.44. The Kier molecular flexibility index (Phi) is 2.81. The number of hydrogen-bond donors (Lipinski definition) is 1. The number of fused-ring (bicyclic) bond motifs is 1. The zero-order valence-corrected chi connectivity index (χ0v) is 9.69. The van der Waals surface area contributed by atoms with Gasteiger partial charge in [0.25, 0.3) is 0 Å². The van der Waals surface area contributed by atoms with E-state index in [1.165, 1.54) is 20.2 Å². The summed E-state index contributed by atoms with van der Waals surface area (Å²) in [5.41, 5.74) is -0.916. The van der Waals surface area contributed by atoms with Crippen LogP contribution >= 0.6 is 0 Å². The van der Waals surface area contributed by atoms with Gasteiger partial charge < -0.3 is 10.1 Å². The Morgan fingerprint density at radius 2 is 2.06 bits per heavy atom. The lowest BCUT2D eigenvalue weighted by Gasteiger charge is -2.32. The molecule has 0 fully saturated rings. The summed E-state index contributed by atoms with van der Waals surface area (Å²) in [6, 6.07) is 4.88. The third-order valence-electron chi connectivity index (χ3n) is 3.46. The molecule has 1 unspecified atom stereocenters. The van der Waals surface area contributed by atoms with E-state index in [9.17, 15) is 13.2 Å². The zero-order chi connectivity index (χ0) is 12.7. The molecule has 17 heavy (non-hydrogen) atoms. The van der Waals surface area contributed by atoms with Crippen LogP contribution < -0.4 is 10.1 Å². The maximum absolute atomic E-state index is 13.2. The first-order valence-electron chi connectivity index (χ1n) is 5.37. The lowest BCUT2D eigenvalue weighted by Crippen LogP contribution is -2.50. The average Bonchev–Trinajstić information content (AvgIpc) is 2.67. The van der Waals surface area contributed by atoms with Crippen LogP contribution in [0.2, 0.25) is 0 Å². The molecule has 1 N–H and O–H groups in total. The van der Waals surface area contributed by atoms with Crippen LogP contribution in [0.4, 0.5) is 13.2 Å². The average molecular weight is 245 g/mol. The van der Waals surface area contributed by atoms with Crippen LogP contribution in [-0.4, -0.2) is 20.3 Å². The third kappa shape index (κ3) is 1.69. The molecule has 0 radical (unpaired) electrons. The van der Waals surface area contributed by atoms with Crippen molar-refractivity contribution < 1.29 is 17.9 Å². The van der Waals surface area contributed by atoms with Gasteiger partial charge in [0.05, 0.1) is 7.11 Å². The molecule has 2 nitrogen and oxygen atoms in total. The molecular formula is C12H14F3NO. The predicted molar refractivity (Wildman–Crippen MR) is 58.1 cm³/mol. The lowest BCUT2D eigenvalue weighted by molar-refractivity contribution is -0.198. The van der Waals surface area contributed by atoms with E-state index in [4.69, 9.17) is 4.74 Å². The summed E-state index contributed by atoms with van der Waals surface area (Å²) >= 11 is 0. The molecule has 0 spiro atoms. The minimum Gasteiger partial charge on any atom is -0.497 e. The SMILES string of the molecule is CNC1(C(F)(F)F)CCc2ccc(OC)cc21. The van der Waals surface area contributed by atoms with Crippen molar-refractivity contribution in [3.8, 4) is 5.75 Å². The Morgan fingerprint density at radius 1 is 1.35 bits per heavy atom. The predicted octanol–water partition coefficient (Wildman–Crippen LogP) is 2.62. The largest absolute Gasteiger partial charge is 0.497 e. The number of hydrogen-bond acceptors (Lipinski definition) is 2. The molecule has 94 valence electrons. The maximum atomic E-state index is 13.2. The molecule has 0 amide bonds. The van der Waals surface area contributed by atoms with Gasteiger partial charge in [-0.1, -0.05) is 6.07 Å². The van der Waals surface area contributed by atoms with Gasteiger partial charge in [0.2, 0.25) is 0 Å². The van der Waals surface area contributed by atoms with Gasteiger partial charge in [-0.3, -0.25) is 0 Å². The van der Waals surface area contributed by atoms with Crippen LogP contribution in [0.3, 0.4) is 0 Å². The van der Waals surface area contributed by atoms with E-state index in [1.54, 1.807) is 12.1 Å². The standard InChI is InChI=1S/C12H14F3NO/c1-16-11(12(13,14)15)6-5-8-3-4-9(17-2)7-10(8)11/h3-4,7,16H,5-6H2,1-2H3. The molecule has 2 rings (SSSR count). The molecule has 1 aliphatic carbocycles. The van der Waals surface area contributed by atoms with Gasteiger partial charge in [0.1, 0.15) is 11.3 Å². The fraction of sp³-hybridized carbons (Fsp3) is 0.500. The minimum atomic E-state index is -4.31. The zero-order valence-electron chi connectivity index (χ0n) is 9.69. The number of benzene rings is 1. The van der Waals surface area contributed by atoms with Crippen molar-refractivity contribution >= 4 is 0 Å². The van der Waals surface area contributed by atoms with E-state index in [0.717, 1.165) is 5.56 Å². The topological polar surface area (TPSA) is 21.3 Å². The van der Waals surface area contributed by atoms with Crippen LogP contribution in [0.1, 0.15) is 17.5 Å². The molecule has 0 saturated heterocycles. The molecule has 1 aromatic carbocycles. The van der Waals surface area contributed by atoms with Crippen LogP contribution in [-0.2, 0) is 12.0 Å². The first kappa shape index (κ1) is 12.2. The molecule has 5 heteroatoms. The van der Waals surface area contributed by atoms with Crippen molar-refractivity contribution in [1.29, 1.82) is 0 Å². The van der Waals surface area contributed by atoms with Gasteiger partial charge >= 0.3 is 6.18 Å². The summed E-state index contributed by atoms with van der Waals surface area (Å²) in [6.07, 6.45) is -3.84. The monoisotopic (exact) mass is 245 g/mol. The molecule has 0 heterocycles. The number of nitrogens with one attached hydrogen (secondary N) is 1. The number of alkyl halides is 3. The highest BCUT2D eigenvalue weighted by Gasteiger charge is 2.57. The molecule has 0 aliphatic heterocycles. The summed E-state index contributed by atoms with van der Waals surface area (Å²) < 4.78 is 44.7. The Bertz CT molecular complexity index is 430. The third-order valence-corrected chi connectivity index (χ3v) is 3.46. The minimum absolute atomic E-state index is 0.0372. The molecule has 0 aromatic heterocycles. The number of rotatable bonds is 2. The highest BCUT2D eigenvalue weighted by atomic mass is 19.4. The van der Waals surface area contributed by atoms with Gasteiger partial charge in [-0.05, 0) is 43.1 Å². The van der Waals surface area contributed by atoms with Crippen LogP contribution in [0, 0.1) is 0 Å². The summed E-state index contributed by atoms with van der Waals surface area (Å²) in [7, 11) is 2.80. The fourth-order valence-electron chi connectivity index (χ4n) is 2.45. The first-order valence-corrected chi connectivity index (χ1v) is 5.37. The number of methoxy groups -OCH3 is 1. The van der Waals surface area contributed by atoms with E-state index >= 15 is 0 Å². The molecule has 1 aliphatic rings. The number of aryl methyl sites for hydroxylation is 1. The van der Waals surface area contributed by atoms with E-state index in [0.29, 0.717) is 12.2 Å². The Hall–Kier alpha value is -1.23. The summed E-state index contributed by atoms with van der Waals surface area (Å²) in [4.78, 5) is 0. The van der Waals surface area contributed by atoms with E-state index < -0.39 is 11.7 Å². The second kappa shape index (κ2) is 3.91. The fourth-order valence-corrected chi connectivity index (χ4v) is 2.45. The van der Waals surface area contributed by atoms with E-state index in [1.807, 2.05) is 0 Å². The van der Waals surface area contributed by atoms with Gasteiger partial charge in [-0.25, -0.2) is 0 Å². The van der Waals surface area contributed by atoms with E-state index in [-0.39, 0.29) is 12.0 Å². The van der Waals surface area contributed by atoms with Gasteiger partial charge in [-0.2, -0.15) is 13.2 Å². The van der Waals surface area contributed by atoms with E-state index in [2.05, 4.69) is 5.32 Å². The van der Waals surface area contributed by atoms with Crippen LogP contribution in [0.25, 0.3) is 0 Å². The van der Waals surface area contributed by atoms with Crippen molar-refractivity contribution in [3.05, 3.63) is 29.3 Å². The Balaban J connectivity index is 2.57. The van der Waals surface area contributed by atoms with Crippen molar-refractivity contribution in [3.63, 3.8) is 0 Å². The molecular weight excluding hydrogens is 231 g/mol. The normalized spacial score (nSPS) is 23.6. The van der Waals surface area contributed by atoms with Crippen molar-refractivity contribution in [2.24, 2.45) is 0 Å². The molecule has 1 atom stereocenters. The summed E-state index contributed by atoms with van der Waals surface area (Å²) in [5.74, 6) is 0.453. The summed E-state index contributed by atoms with van der Waals surface area (Å²) in [6.45, 7) is 0. The quantitative estimate of drug-likeness (QED) is 0.864.